The molecule has 0 aliphatic rings. The first kappa shape index (κ1) is 33.0. The van der Waals surface area contributed by atoms with Crippen LogP contribution < -0.4 is 9.47 Å². The van der Waals surface area contributed by atoms with E-state index in [1.807, 2.05) is 33.8 Å². The molecule has 0 aromatic heterocycles. The fraction of sp³-hybridized carbons (Fsp3) is 0.243. The van der Waals surface area contributed by atoms with E-state index < -0.39 is 0 Å². The minimum atomic E-state index is -0.318. The van der Waals surface area contributed by atoms with Gasteiger partial charge in [0.25, 0.3) is 0 Å². The van der Waals surface area contributed by atoms with Gasteiger partial charge in [0, 0.05) is 22.3 Å². The Labute approximate surface area is 245 Å². The van der Waals surface area contributed by atoms with E-state index in [-0.39, 0.29) is 11.6 Å². The monoisotopic (exact) mass is 556 g/mol. The molecule has 0 aliphatic carbocycles. The summed E-state index contributed by atoms with van der Waals surface area (Å²) in [5.41, 5.74) is 7.09. The van der Waals surface area contributed by atoms with Gasteiger partial charge in [-0.3, -0.25) is 0 Å². The van der Waals surface area contributed by atoms with Gasteiger partial charge in [0.15, 0.2) is 0 Å². The van der Waals surface area contributed by atoms with Crippen LogP contribution in [0.3, 0.4) is 0 Å². The second-order valence-corrected chi connectivity index (χ2v) is 9.81. The SMILES string of the molecule is C=C(C)\C=C/C(/C=C/c1ccc(C)cc1F)=C(\C)F.CCOc1cc(C)ccc1/C=C/c1ccc(C)cc1OCC. The molecule has 0 atom stereocenters. The molecule has 41 heavy (non-hydrogen) atoms. The molecule has 0 heterocycles. The molecule has 0 bridgehead atoms. The van der Waals surface area contributed by atoms with E-state index in [1.54, 1.807) is 30.4 Å². The maximum atomic E-state index is 13.6. The van der Waals surface area contributed by atoms with E-state index in [0.29, 0.717) is 24.4 Å². The van der Waals surface area contributed by atoms with Crippen molar-refractivity contribution in [2.75, 3.05) is 13.2 Å². The fourth-order valence-electron chi connectivity index (χ4n) is 3.76. The van der Waals surface area contributed by atoms with Crippen molar-refractivity contribution in [1.82, 2.24) is 0 Å². The Balaban J connectivity index is 0.000000290. The van der Waals surface area contributed by atoms with Crippen LogP contribution >= 0.6 is 0 Å². The molecule has 0 aliphatic heterocycles. The van der Waals surface area contributed by atoms with Crippen molar-refractivity contribution in [3.05, 3.63) is 136 Å². The summed E-state index contributed by atoms with van der Waals surface area (Å²) in [6.07, 6.45) is 10.6. The molecule has 0 N–H and O–H groups in total. The van der Waals surface area contributed by atoms with Gasteiger partial charge in [-0.15, -0.1) is 0 Å². The highest BCUT2D eigenvalue weighted by atomic mass is 19.1. The fourth-order valence-corrected chi connectivity index (χ4v) is 3.76. The van der Waals surface area contributed by atoms with Crippen molar-refractivity contribution in [1.29, 1.82) is 0 Å². The van der Waals surface area contributed by atoms with Crippen LogP contribution in [0.2, 0.25) is 0 Å². The summed E-state index contributed by atoms with van der Waals surface area (Å²) >= 11 is 0. The van der Waals surface area contributed by atoms with Crippen LogP contribution in [0.1, 0.15) is 61.1 Å². The molecule has 0 saturated carbocycles. The highest BCUT2D eigenvalue weighted by molar-refractivity contribution is 5.75. The summed E-state index contributed by atoms with van der Waals surface area (Å²) in [6.45, 7) is 18.2. The van der Waals surface area contributed by atoms with Crippen LogP contribution in [-0.2, 0) is 0 Å². The van der Waals surface area contributed by atoms with Crippen molar-refractivity contribution in [3.63, 3.8) is 0 Å². The predicted octanol–water partition coefficient (Wildman–Crippen LogP) is 10.8. The van der Waals surface area contributed by atoms with Crippen molar-refractivity contribution in [2.45, 2.75) is 48.5 Å². The van der Waals surface area contributed by atoms with Crippen LogP contribution in [0, 0.1) is 26.6 Å². The predicted molar refractivity (Wildman–Crippen MR) is 172 cm³/mol. The summed E-state index contributed by atoms with van der Waals surface area (Å²) in [5.74, 6) is 1.21. The summed E-state index contributed by atoms with van der Waals surface area (Å²) in [7, 11) is 0. The maximum Gasteiger partial charge on any atom is 0.130 e. The van der Waals surface area contributed by atoms with E-state index in [4.69, 9.17) is 9.47 Å². The number of hydrogen-bond donors (Lipinski definition) is 0. The number of aryl methyl sites for hydroxylation is 3. The van der Waals surface area contributed by atoms with Crippen molar-refractivity contribution >= 4 is 18.2 Å². The summed E-state index contributed by atoms with van der Waals surface area (Å²) in [4.78, 5) is 0. The molecule has 0 saturated heterocycles. The number of allylic oxidation sites excluding steroid dienone is 6. The third kappa shape index (κ3) is 11.4. The maximum absolute atomic E-state index is 13.6. The summed E-state index contributed by atoms with van der Waals surface area (Å²) in [5, 5.41) is 0. The summed E-state index contributed by atoms with van der Waals surface area (Å²) in [6, 6.07) is 17.5. The molecule has 0 radical (unpaired) electrons. The Morgan fingerprint density at radius 3 is 1.56 bits per heavy atom. The Kier molecular flexibility index (Phi) is 13.5. The average Bonchev–Trinajstić information content (AvgIpc) is 2.90. The highest BCUT2D eigenvalue weighted by Crippen LogP contribution is 2.26. The van der Waals surface area contributed by atoms with Gasteiger partial charge in [-0.2, -0.15) is 0 Å². The molecule has 2 nitrogen and oxygen atoms in total. The number of ether oxygens (including phenoxy) is 2. The number of halogens is 2. The topological polar surface area (TPSA) is 18.5 Å². The van der Waals surface area contributed by atoms with Crippen molar-refractivity contribution in [3.8, 4) is 11.5 Å². The standard InChI is InChI=1S/C20H24O2.C17H18F2/c1-5-21-19-13-15(3)7-9-17(19)11-12-18-10-8-16(4)14-20(18)22-6-2;1-12(2)5-7-15(14(4)18)9-10-16-8-6-13(3)11-17(16)19/h7-14H,5-6H2,1-4H3;5-11H,1H2,2-4H3/b12-11+;7-5-,10-9+,15-14-. The lowest BCUT2D eigenvalue weighted by Gasteiger charge is -2.10. The van der Waals surface area contributed by atoms with Gasteiger partial charge in [-0.05, 0) is 83.4 Å². The Morgan fingerprint density at radius 1 is 0.683 bits per heavy atom. The average molecular weight is 557 g/mol. The largest absolute Gasteiger partial charge is 0.493 e. The lowest BCUT2D eigenvalue weighted by atomic mass is 10.1. The minimum absolute atomic E-state index is 0.309. The quantitative estimate of drug-likeness (QED) is 0.183. The van der Waals surface area contributed by atoms with E-state index >= 15 is 0 Å². The Hall–Kier alpha value is -4.18. The second kappa shape index (κ2) is 16.8. The molecule has 3 aromatic carbocycles. The zero-order valence-corrected chi connectivity index (χ0v) is 25.4. The van der Waals surface area contributed by atoms with Gasteiger partial charge in [-0.25, -0.2) is 8.78 Å². The van der Waals surface area contributed by atoms with Crippen LogP contribution in [-0.4, -0.2) is 13.2 Å². The van der Waals surface area contributed by atoms with Crippen LogP contribution in [0.15, 0.2) is 96.4 Å². The smallest absolute Gasteiger partial charge is 0.130 e. The molecule has 0 fully saturated rings. The van der Waals surface area contributed by atoms with Crippen LogP contribution in [0.4, 0.5) is 8.78 Å². The zero-order valence-electron chi connectivity index (χ0n) is 25.4. The first-order valence-corrected chi connectivity index (χ1v) is 13.8. The van der Waals surface area contributed by atoms with E-state index in [2.05, 4.69) is 69.0 Å². The molecule has 0 unspecified atom stereocenters. The van der Waals surface area contributed by atoms with Gasteiger partial charge in [0.2, 0.25) is 0 Å². The molecule has 3 aromatic rings. The first-order chi connectivity index (χ1) is 19.5. The normalized spacial score (nSPS) is 11.9. The van der Waals surface area contributed by atoms with Gasteiger partial charge in [-0.1, -0.05) is 85.0 Å². The Bertz CT molecular complexity index is 1380. The van der Waals surface area contributed by atoms with E-state index in [1.165, 1.54) is 24.1 Å². The second-order valence-electron chi connectivity index (χ2n) is 9.81. The van der Waals surface area contributed by atoms with E-state index in [0.717, 1.165) is 33.8 Å². The van der Waals surface area contributed by atoms with Gasteiger partial charge in [0.1, 0.15) is 23.1 Å². The first-order valence-electron chi connectivity index (χ1n) is 13.8. The van der Waals surface area contributed by atoms with Crippen LogP contribution in [0.25, 0.3) is 18.2 Å². The molecule has 3 rings (SSSR count). The van der Waals surface area contributed by atoms with Crippen molar-refractivity contribution < 1.29 is 18.3 Å². The number of benzene rings is 3. The highest BCUT2D eigenvalue weighted by Gasteiger charge is 2.04. The summed E-state index contributed by atoms with van der Waals surface area (Å²) < 4.78 is 38.4. The molecular formula is C37H42F2O2. The lowest BCUT2D eigenvalue weighted by molar-refractivity contribution is 0.339. The molecule has 216 valence electrons. The number of hydrogen-bond acceptors (Lipinski definition) is 2. The number of rotatable bonds is 10. The van der Waals surface area contributed by atoms with Gasteiger partial charge >= 0.3 is 0 Å². The van der Waals surface area contributed by atoms with Gasteiger partial charge in [0.05, 0.1) is 13.2 Å². The third-order valence-corrected chi connectivity index (χ3v) is 5.92. The molecule has 0 spiro atoms. The van der Waals surface area contributed by atoms with E-state index in [9.17, 15) is 8.78 Å². The lowest BCUT2D eigenvalue weighted by Crippen LogP contribution is -1.95. The Morgan fingerprint density at radius 2 is 1.15 bits per heavy atom. The zero-order chi connectivity index (χ0) is 30.4. The molecule has 4 heteroatoms. The van der Waals surface area contributed by atoms with Gasteiger partial charge < -0.3 is 9.47 Å². The third-order valence-electron chi connectivity index (χ3n) is 5.92. The van der Waals surface area contributed by atoms with Crippen LogP contribution in [0.5, 0.6) is 11.5 Å². The minimum Gasteiger partial charge on any atom is -0.493 e. The molecular weight excluding hydrogens is 514 g/mol. The van der Waals surface area contributed by atoms with Crippen molar-refractivity contribution in [2.24, 2.45) is 0 Å². The molecule has 0 amide bonds.